The Bertz CT molecular complexity index is 444. The van der Waals surface area contributed by atoms with E-state index in [2.05, 4.69) is 16.8 Å². The second-order valence-corrected chi connectivity index (χ2v) is 4.81. The van der Waals surface area contributed by atoms with Crippen molar-refractivity contribution in [2.75, 3.05) is 32.7 Å². The van der Waals surface area contributed by atoms with Gasteiger partial charge in [-0.05, 0) is 13.0 Å². The molecule has 6 heteroatoms. The number of aromatic nitrogens is 1. The third-order valence-corrected chi connectivity index (χ3v) is 3.60. The molecule has 1 amide bonds. The maximum Gasteiger partial charge on any atom is 0.257 e. The molecule has 2 rings (SSSR count). The Morgan fingerprint density at radius 2 is 2.16 bits per heavy atom. The smallest absolute Gasteiger partial charge is 0.257 e. The number of nitrogens with two attached hydrogens (primary N) is 1. The lowest BCUT2D eigenvalue weighted by atomic mass is 10.2. The summed E-state index contributed by atoms with van der Waals surface area (Å²) in [5.41, 5.74) is 5.96. The molecule has 0 radical (unpaired) electrons. The van der Waals surface area contributed by atoms with E-state index in [-0.39, 0.29) is 11.7 Å². The van der Waals surface area contributed by atoms with E-state index in [1.54, 1.807) is 11.0 Å². The second-order valence-electron chi connectivity index (χ2n) is 4.81. The van der Waals surface area contributed by atoms with Crippen molar-refractivity contribution in [2.24, 2.45) is 5.73 Å². The predicted octanol–water partition coefficient (Wildman–Crippen LogP) is -0.108. The highest BCUT2D eigenvalue weighted by molar-refractivity contribution is 5.96. The minimum absolute atomic E-state index is 0.0646. The molecule has 1 fully saturated rings. The van der Waals surface area contributed by atoms with Crippen molar-refractivity contribution >= 4 is 5.91 Å². The lowest BCUT2D eigenvalue weighted by Gasteiger charge is -2.37. The molecule has 1 aliphatic heterocycles. The highest BCUT2D eigenvalue weighted by Gasteiger charge is 2.25. The summed E-state index contributed by atoms with van der Waals surface area (Å²) in [6.07, 6.45) is 2.81. The summed E-state index contributed by atoms with van der Waals surface area (Å²) >= 11 is 0. The molecule has 19 heavy (non-hydrogen) atoms. The Morgan fingerprint density at radius 1 is 1.47 bits per heavy atom. The number of piperazine rings is 1. The molecule has 0 aliphatic carbocycles. The summed E-state index contributed by atoms with van der Waals surface area (Å²) in [4.78, 5) is 20.1. The quantitative estimate of drug-likeness (QED) is 0.796. The summed E-state index contributed by atoms with van der Waals surface area (Å²) in [6.45, 7) is 5.66. The molecule has 1 unspecified atom stereocenters. The van der Waals surface area contributed by atoms with Gasteiger partial charge in [0.2, 0.25) is 0 Å². The van der Waals surface area contributed by atoms with Crippen LogP contribution in [-0.2, 0) is 0 Å². The number of hydrogen-bond donors (Lipinski definition) is 2. The zero-order valence-electron chi connectivity index (χ0n) is 11.1. The Kier molecular flexibility index (Phi) is 4.34. The maximum absolute atomic E-state index is 12.3. The van der Waals surface area contributed by atoms with E-state index in [0.717, 1.165) is 13.1 Å². The fraction of sp³-hybridized carbons (Fsp3) is 0.538. The number of aromatic hydroxyl groups is 1. The van der Waals surface area contributed by atoms with Gasteiger partial charge in [-0.2, -0.15) is 0 Å². The van der Waals surface area contributed by atoms with Crippen molar-refractivity contribution in [1.29, 1.82) is 0 Å². The van der Waals surface area contributed by atoms with Crippen LogP contribution >= 0.6 is 0 Å². The number of nitrogens with zero attached hydrogens (tertiary/aromatic N) is 3. The molecule has 3 N–H and O–H groups in total. The molecule has 0 saturated carbocycles. The predicted molar refractivity (Wildman–Crippen MR) is 71.9 cm³/mol. The lowest BCUT2D eigenvalue weighted by Crippen LogP contribution is -2.52. The molecular formula is C13H20N4O2. The standard InChI is InChI=1S/C13H20N4O2/c1-10(8-14)16-4-6-17(7-5-16)13(19)11-2-3-15-9-12(11)18/h2-3,9-10,18H,4-8,14H2,1H3. The molecule has 1 atom stereocenters. The minimum atomic E-state index is -0.139. The van der Waals surface area contributed by atoms with Crippen LogP contribution < -0.4 is 5.73 Å². The highest BCUT2D eigenvalue weighted by atomic mass is 16.3. The van der Waals surface area contributed by atoms with Gasteiger partial charge >= 0.3 is 0 Å². The van der Waals surface area contributed by atoms with Gasteiger partial charge in [0.15, 0.2) is 0 Å². The van der Waals surface area contributed by atoms with Crippen LogP contribution in [0.15, 0.2) is 18.5 Å². The van der Waals surface area contributed by atoms with Crippen LogP contribution in [0.3, 0.4) is 0 Å². The van der Waals surface area contributed by atoms with Gasteiger partial charge in [0.25, 0.3) is 5.91 Å². The molecular weight excluding hydrogens is 244 g/mol. The van der Waals surface area contributed by atoms with Gasteiger partial charge in [-0.3, -0.25) is 14.7 Å². The summed E-state index contributed by atoms with van der Waals surface area (Å²) < 4.78 is 0. The van der Waals surface area contributed by atoms with Gasteiger partial charge in [-0.25, -0.2) is 0 Å². The molecule has 1 saturated heterocycles. The van der Waals surface area contributed by atoms with E-state index in [9.17, 15) is 9.90 Å². The number of hydrogen-bond acceptors (Lipinski definition) is 5. The van der Waals surface area contributed by atoms with Crippen LogP contribution in [0, 0.1) is 0 Å². The number of carbonyl (C=O) groups is 1. The molecule has 1 aromatic rings. The fourth-order valence-electron chi connectivity index (χ4n) is 2.25. The number of amides is 1. The first kappa shape index (κ1) is 13.8. The molecule has 1 aromatic heterocycles. The van der Waals surface area contributed by atoms with Crippen molar-refractivity contribution in [3.63, 3.8) is 0 Å². The van der Waals surface area contributed by atoms with E-state index in [1.165, 1.54) is 12.4 Å². The van der Waals surface area contributed by atoms with E-state index in [4.69, 9.17) is 5.73 Å². The highest BCUT2D eigenvalue weighted by Crippen LogP contribution is 2.17. The maximum atomic E-state index is 12.3. The number of pyridine rings is 1. The molecule has 6 nitrogen and oxygen atoms in total. The third kappa shape index (κ3) is 3.02. The molecule has 0 spiro atoms. The molecule has 104 valence electrons. The Labute approximate surface area is 112 Å². The van der Waals surface area contributed by atoms with Crippen LogP contribution in [-0.4, -0.2) is 64.6 Å². The van der Waals surface area contributed by atoms with E-state index >= 15 is 0 Å². The minimum Gasteiger partial charge on any atom is -0.505 e. The Balaban J connectivity index is 1.98. The Morgan fingerprint density at radius 3 is 2.74 bits per heavy atom. The fourth-order valence-corrected chi connectivity index (χ4v) is 2.25. The van der Waals surface area contributed by atoms with Gasteiger partial charge in [0, 0.05) is 45.0 Å². The van der Waals surface area contributed by atoms with Crippen LogP contribution in [0.1, 0.15) is 17.3 Å². The average Bonchev–Trinajstić information content (AvgIpc) is 2.46. The van der Waals surface area contributed by atoms with Gasteiger partial charge in [-0.15, -0.1) is 0 Å². The van der Waals surface area contributed by atoms with Gasteiger partial charge in [-0.1, -0.05) is 0 Å². The summed E-state index contributed by atoms with van der Waals surface area (Å²) in [7, 11) is 0. The van der Waals surface area contributed by atoms with E-state index in [1.807, 2.05) is 0 Å². The largest absolute Gasteiger partial charge is 0.505 e. The second kappa shape index (κ2) is 5.99. The van der Waals surface area contributed by atoms with Crippen LogP contribution in [0.5, 0.6) is 5.75 Å². The van der Waals surface area contributed by atoms with Crippen LogP contribution in [0.4, 0.5) is 0 Å². The summed E-state index contributed by atoms with van der Waals surface area (Å²) in [5.74, 6) is -0.204. The molecule has 0 aromatic carbocycles. The first-order valence-corrected chi connectivity index (χ1v) is 6.50. The van der Waals surface area contributed by atoms with Crippen LogP contribution in [0.25, 0.3) is 0 Å². The zero-order valence-corrected chi connectivity index (χ0v) is 11.1. The van der Waals surface area contributed by atoms with Gasteiger partial charge in [0.05, 0.1) is 11.8 Å². The Hall–Kier alpha value is -1.66. The lowest BCUT2D eigenvalue weighted by molar-refractivity contribution is 0.0586. The molecule has 1 aliphatic rings. The topological polar surface area (TPSA) is 82.7 Å². The van der Waals surface area contributed by atoms with Crippen molar-refractivity contribution in [2.45, 2.75) is 13.0 Å². The monoisotopic (exact) mass is 264 g/mol. The van der Waals surface area contributed by atoms with E-state index < -0.39 is 0 Å². The van der Waals surface area contributed by atoms with E-state index in [0.29, 0.717) is 31.2 Å². The van der Waals surface area contributed by atoms with Crippen molar-refractivity contribution in [3.8, 4) is 5.75 Å². The van der Waals surface area contributed by atoms with Crippen LogP contribution in [0.2, 0.25) is 0 Å². The number of rotatable bonds is 3. The average molecular weight is 264 g/mol. The zero-order chi connectivity index (χ0) is 13.8. The normalized spacial score (nSPS) is 18.3. The number of carbonyl (C=O) groups excluding carboxylic acids is 1. The summed E-state index contributed by atoms with van der Waals surface area (Å²) in [6, 6.07) is 1.89. The first-order valence-electron chi connectivity index (χ1n) is 6.50. The summed E-state index contributed by atoms with van der Waals surface area (Å²) in [5, 5.41) is 9.65. The van der Waals surface area contributed by atoms with Crippen molar-refractivity contribution < 1.29 is 9.90 Å². The first-order chi connectivity index (χ1) is 9.13. The van der Waals surface area contributed by atoms with Gasteiger partial charge < -0.3 is 15.7 Å². The van der Waals surface area contributed by atoms with Gasteiger partial charge in [0.1, 0.15) is 5.75 Å². The molecule has 0 bridgehead atoms. The SMILES string of the molecule is CC(CN)N1CCN(C(=O)c2ccncc2O)CC1. The third-order valence-electron chi connectivity index (χ3n) is 3.60. The molecule has 2 heterocycles. The van der Waals surface area contributed by atoms with Crippen molar-refractivity contribution in [3.05, 3.63) is 24.0 Å². The van der Waals surface area contributed by atoms with Crippen molar-refractivity contribution in [1.82, 2.24) is 14.8 Å².